The van der Waals surface area contributed by atoms with Crippen molar-refractivity contribution in [2.24, 2.45) is 0 Å². The Morgan fingerprint density at radius 2 is 1.93 bits per heavy atom. The highest BCUT2D eigenvalue weighted by molar-refractivity contribution is 6.30. The zero-order valence-electron chi connectivity index (χ0n) is 16.2. The van der Waals surface area contributed by atoms with Crippen LogP contribution in [0.5, 0.6) is 5.75 Å². The number of carbonyl (C=O) groups is 4. The van der Waals surface area contributed by atoms with Gasteiger partial charge in [0.25, 0.3) is 0 Å². The molecule has 0 bridgehead atoms. The van der Waals surface area contributed by atoms with E-state index in [9.17, 15) is 29.4 Å². The summed E-state index contributed by atoms with van der Waals surface area (Å²) in [5.41, 5.74) is -2.40. The van der Waals surface area contributed by atoms with E-state index in [0.29, 0.717) is 10.8 Å². The summed E-state index contributed by atoms with van der Waals surface area (Å²) in [6, 6.07) is 8.28. The number of esters is 1. The molecule has 2 N–H and O–H groups in total. The molecule has 2 aromatic carbocycles. The number of benzene rings is 2. The molecule has 1 aliphatic heterocycles. The van der Waals surface area contributed by atoms with Gasteiger partial charge in [0.15, 0.2) is 29.2 Å². The summed E-state index contributed by atoms with van der Waals surface area (Å²) in [6.45, 7) is 2.73. The number of Topliss-reactive ketones (excluding diaryl/α,β-unsaturated/α-hetero) is 2. The molecule has 154 valence electrons. The normalized spacial score (nSPS) is 23.2. The predicted octanol–water partition coefficient (Wildman–Crippen LogP) is 2.41. The van der Waals surface area contributed by atoms with Crippen LogP contribution >= 0.6 is 0 Å². The van der Waals surface area contributed by atoms with Crippen LogP contribution in [0.15, 0.2) is 41.5 Å². The van der Waals surface area contributed by atoms with Gasteiger partial charge in [-0.05, 0) is 17.9 Å². The van der Waals surface area contributed by atoms with Crippen molar-refractivity contribution in [3.8, 4) is 5.75 Å². The Kier molecular flexibility index (Phi) is 4.56. The summed E-state index contributed by atoms with van der Waals surface area (Å²) in [6.07, 6.45) is -2.28. The van der Waals surface area contributed by atoms with Crippen molar-refractivity contribution in [2.75, 3.05) is 0 Å². The maximum Gasteiger partial charge on any atom is 0.336 e. The third kappa shape index (κ3) is 2.76. The molecule has 1 aliphatic carbocycles. The minimum Gasteiger partial charge on any atom is -0.479 e. The van der Waals surface area contributed by atoms with Gasteiger partial charge in [-0.25, -0.2) is 4.79 Å². The van der Waals surface area contributed by atoms with Crippen LogP contribution in [-0.4, -0.2) is 45.6 Å². The molecule has 0 fully saturated rings. The van der Waals surface area contributed by atoms with Crippen LogP contribution in [-0.2, 0) is 14.3 Å². The number of hydrogen-bond donors (Lipinski definition) is 2. The molecule has 0 radical (unpaired) electrons. The fraction of sp³-hybridized carbons (Fsp3) is 0.273. The fourth-order valence-corrected chi connectivity index (χ4v) is 4.05. The number of aliphatic carboxylic acids is 1. The molecule has 2 atom stereocenters. The number of aliphatic hydroxyl groups is 1. The second kappa shape index (κ2) is 6.86. The summed E-state index contributed by atoms with van der Waals surface area (Å²) in [7, 11) is 0. The molecule has 8 heteroatoms. The Hall–Kier alpha value is -3.36. The molecule has 4 rings (SSSR count). The van der Waals surface area contributed by atoms with Crippen molar-refractivity contribution in [2.45, 2.75) is 38.6 Å². The maximum atomic E-state index is 13.5. The molecule has 0 amide bonds. The Labute approximate surface area is 170 Å². The Bertz CT molecular complexity index is 1180. The molecule has 30 heavy (non-hydrogen) atoms. The predicted molar refractivity (Wildman–Crippen MR) is 103 cm³/mol. The van der Waals surface area contributed by atoms with Gasteiger partial charge in [0, 0.05) is 29.9 Å². The van der Waals surface area contributed by atoms with E-state index in [1.165, 1.54) is 13.0 Å². The summed E-state index contributed by atoms with van der Waals surface area (Å²) in [5, 5.41) is 21.1. The first-order valence-electron chi connectivity index (χ1n) is 9.36. The standard InChI is InChI=1S/C22H18O8/c1-3-22(21(27)28)9-14-16(20(26)30-22)17(24)13-8-11-6-4-5-7-12(11)19(29-10(2)23)15(13)18(14)25/h4-8,20,26H,3,9H2,1-2H3,(H,27,28)/t20-,22-/m1/s1. The average molecular weight is 410 g/mol. The van der Waals surface area contributed by atoms with Gasteiger partial charge in [-0.15, -0.1) is 0 Å². The van der Waals surface area contributed by atoms with Crippen LogP contribution in [0.25, 0.3) is 10.8 Å². The van der Waals surface area contributed by atoms with Crippen molar-refractivity contribution in [3.63, 3.8) is 0 Å². The van der Waals surface area contributed by atoms with Gasteiger partial charge >= 0.3 is 11.9 Å². The molecule has 0 unspecified atom stereocenters. The lowest BCUT2D eigenvalue weighted by Crippen LogP contribution is -2.50. The number of carboxylic acids is 1. The summed E-state index contributed by atoms with van der Waals surface area (Å²) < 4.78 is 10.6. The van der Waals surface area contributed by atoms with Gasteiger partial charge in [0.1, 0.15) is 0 Å². The number of aliphatic hydroxyl groups excluding tert-OH is 1. The maximum absolute atomic E-state index is 13.5. The number of carbonyl (C=O) groups excluding carboxylic acids is 3. The average Bonchev–Trinajstić information content (AvgIpc) is 2.70. The third-order valence-corrected chi connectivity index (χ3v) is 5.57. The minimum atomic E-state index is -1.86. The molecular formula is C22H18O8. The second-order valence-electron chi connectivity index (χ2n) is 7.29. The summed E-state index contributed by atoms with van der Waals surface area (Å²) >= 11 is 0. The Morgan fingerprint density at radius 3 is 2.57 bits per heavy atom. The first-order chi connectivity index (χ1) is 14.2. The van der Waals surface area contributed by atoms with E-state index in [0.717, 1.165) is 0 Å². The van der Waals surface area contributed by atoms with E-state index in [1.54, 1.807) is 31.2 Å². The number of ketones is 2. The lowest BCUT2D eigenvalue weighted by molar-refractivity contribution is -0.201. The number of rotatable bonds is 3. The van der Waals surface area contributed by atoms with Crippen LogP contribution in [0, 0.1) is 0 Å². The molecule has 1 heterocycles. The molecular weight excluding hydrogens is 392 g/mol. The fourth-order valence-electron chi connectivity index (χ4n) is 4.05. The highest BCUT2D eigenvalue weighted by Gasteiger charge is 2.51. The Balaban J connectivity index is 2.00. The highest BCUT2D eigenvalue weighted by atomic mass is 16.6. The summed E-state index contributed by atoms with van der Waals surface area (Å²) in [4.78, 5) is 50.2. The third-order valence-electron chi connectivity index (χ3n) is 5.57. The van der Waals surface area contributed by atoms with Crippen LogP contribution in [0.1, 0.15) is 47.4 Å². The van der Waals surface area contributed by atoms with Crippen LogP contribution < -0.4 is 4.74 Å². The molecule has 8 nitrogen and oxygen atoms in total. The number of fused-ring (bicyclic) bond motifs is 2. The quantitative estimate of drug-likeness (QED) is 0.583. The van der Waals surface area contributed by atoms with Crippen molar-refractivity contribution >= 4 is 34.3 Å². The van der Waals surface area contributed by atoms with Crippen LogP contribution in [0.2, 0.25) is 0 Å². The molecule has 0 saturated carbocycles. The molecule has 0 saturated heterocycles. The smallest absolute Gasteiger partial charge is 0.336 e. The second-order valence-corrected chi connectivity index (χ2v) is 7.29. The van der Waals surface area contributed by atoms with E-state index in [-0.39, 0.29) is 40.9 Å². The lowest BCUT2D eigenvalue weighted by Gasteiger charge is -2.39. The van der Waals surface area contributed by atoms with Gasteiger partial charge in [0.05, 0.1) is 11.1 Å². The zero-order valence-corrected chi connectivity index (χ0v) is 16.2. The molecule has 2 aromatic rings. The van der Waals surface area contributed by atoms with E-state index in [1.807, 2.05) is 0 Å². The largest absolute Gasteiger partial charge is 0.479 e. The first-order valence-corrected chi connectivity index (χ1v) is 9.36. The van der Waals surface area contributed by atoms with Gasteiger partial charge in [0.2, 0.25) is 0 Å². The molecule has 2 aliphatic rings. The van der Waals surface area contributed by atoms with Crippen molar-refractivity contribution in [1.82, 2.24) is 0 Å². The number of ether oxygens (including phenoxy) is 2. The zero-order chi connectivity index (χ0) is 21.8. The Morgan fingerprint density at radius 1 is 1.23 bits per heavy atom. The van der Waals surface area contributed by atoms with Crippen molar-refractivity contribution < 1.29 is 38.9 Å². The first kappa shape index (κ1) is 19.9. The minimum absolute atomic E-state index is 0.0287. The van der Waals surface area contributed by atoms with E-state index >= 15 is 0 Å². The summed E-state index contributed by atoms with van der Waals surface area (Å²) in [5.74, 6) is -3.40. The van der Waals surface area contributed by atoms with E-state index < -0.39 is 35.4 Å². The molecule has 0 spiro atoms. The van der Waals surface area contributed by atoms with E-state index in [2.05, 4.69) is 0 Å². The van der Waals surface area contributed by atoms with E-state index in [4.69, 9.17) is 9.47 Å². The van der Waals surface area contributed by atoms with Crippen molar-refractivity contribution in [3.05, 3.63) is 52.6 Å². The van der Waals surface area contributed by atoms with Crippen LogP contribution in [0.3, 0.4) is 0 Å². The highest BCUT2D eigenvalue weighted by Crippen LogP contribution is 2.45. The van der Waals surface area contributed by atoms with Gasteiger partial charge in [-0.2, -0.15) is 0 Å². The van der Waals surface area contributed by atoms with Gasteiger partial charge in [-0.1, -0.05) is 31.2 Å². The van der Waals surface area contributed by atoms with Gasteiger partial charge in [-0.3, -0.25) is 14.4 Å². The topological polar surface area (TPSA) is 127 Å². The van der Waals surface area contributed by atoms with Gasteiger partial charge < -0.3 is 19.7 Å². The monoisotopic (exact) mass is 410 g/mol. The van der Waals surface area contributed by atoms with Crippen LogP contribution in [0.4, 0.5) is 0 Å². The SMILES string of the molecule is CC[C@]1(C(=O)O)CC2=C(C(=O)c3cc4ccccc4c(OC(C)=O)c3C2=O)[C@H](O)O1. The lowest BCUT2D eigenvalue weighted by atomic mass is 9.75. The number of hydrogen-bond acceptors (Lipinski definition) is 7. The molecule has 0 aromatic heterocycles. The number of carboxylic acid groups (broad SMARTS) is 1. The van der Waals surface area contributed by atoms with Crippen molar-refractivity contribution in [1.29, 1.82) is 0 Å².